The Balaban J connectivity index is 1.63. The van der Waals surface area contributed by atoms with Gasteiger partial charge in [0.05, 0.1) is 13.7 Å². The smallest absolute Gasteiger partial charge is 0.220 e. The zero-order valence-corrected chi connectivity index (χ0v) is 15.2. The van der Waals surface area contributed by atoms with Gasteiger partial charge in [-0.2, -0.15) is 0 Å². The van der Waals surface area contributed by atoms with Crippen molar-refractivity contribution in [3.8, 4) is 11.5 Å². The van der Waals surface area contributed by atoms with E-state index in [4.69, 9.17) is 9.47 Å². The molecule has 0 bridgehead atoms. The Labute approximate surface area is 150 Å². The van der Waals surface area contributed by atoms with Crippen molar-refractivity contribution in [2.24, 2.45) is 0 Å². The van der Waals surface area contributed by atoms with E-state index in [1.165, 1.54) is 11.1 Å². The van der Waals surface area contributed by atoms with Crippen molar-refractivity contribution >= 4 is 5.91 Å². The van der Waals surface area contributed by atoms with Gasteiger partial charge in [-0.05, 0) is 47.7 Å². The molecule has 0 aromatic heterocycles. The van der Waals surface area contributed by atoms with Crippen LogP contribution in [0.3, 0.4) is 0 Å². The van der Waals surface area contributed by atoms with Crippen molar-refractivity contribution in [2.45, 2.75) is 32.6 Å². The molecule has 0 aliphatic heterocycles. The van der Waals surface area contributed by atoms with Crippen LogP contribution < -0.4 is 14.8 Å². The summed E-state index contributed by atoms with van der Waals surface area (Å²) in [4.78, 5) is 11.9. The summed E-state index contributed by atoms with van der Waals surface area (Å²) in [5.74, 6) is 2.14. The Kier molecular flexibility index (Phi) is 7.33. The molecule has 0 saturated heterocycles. The average molecular weight is 341 g/mol. The van der Waals surface area contributed by atoms with Crippen LogP contribution in [0.5, 0.6) is 11.5 Å². The molecule has 0 spiro atoms. The van der Waals surface area contributed by atoms with E-state index in [0.29, 0.717) is 25.5 Å². The lowest BCUT2D eigenvalue weighted by molar-refractivity contribution is -0.121. The van der Waals surface area contributed by atoms with Crippen LogP contribution in [-0.4, -0.2) is 26.2 Å². The van der Waals surface area contributed by atoms with Crippen LogP contribution in [0.1, 0.15) is 37.3 Å². The number of rotatable bonds is 9. The summed E-state index contributed by atoms with van der Waals surface area (Å²) in [6.45, 7) is 5.30. The van der Waals surface area contributed by atoms with Gasteiger partial charge in [-0.1, -0.05) is 38.1 Å². The molecule has 0 radical (unpaired) electrons. The van der Waals surface area contributed by atoms with Gasteiger partial charge < -0.3 is 14.8 Å². The summed E-state index contributed by atoms with van der Waals surface area (Å²) in [5, 5.41) is 2.89. The summed E-state index contributed by atoms with van der Waals surface area (Å²) in [5.41, 5.74) is 2.51. The minimum Gasteiger partial charge on any atom is -0.497 e. The maximum Gasteiger partial charge on any atom is 0.220 e. The van der Waals surface area contributed by atoms with Crippen molar-refractivity contribution in [1.29, 1.82) is 0 Å². The number of carbonyl (C=O) groups is 1. The molecule has 4 heteroatoms. The minimum atomic E-state index is 0.0475. The molecule has 0 unspecified atom stereocenters. The first-order valence-corrected chi connectivity index (χ1v) is 8.71. The molecule has 0 aliphatic rings. The Hall–Kier alpha value is -2.49. The van der Waals surface area contributed by atoms with Gasteiger partial charge >= 0.3 is 0 Å². The van der Waals surface area contributed by atoms with Gasteiger partial charge in [0.2, 0.25) is 5.91 Å². The largest absolute Gasteiger partial charge is 0.497 e. The zero-order valence-electron chi connectivity index (χ0n) is 15.2. The van der Waals surface area contributed by atoms with E-state index in [1.807, 2.05) is 24.3 Å². The Bertz CT molecular complexity index is 648. The first-order chi connectivity index (χ1) is 12.1. The summed E-state index contributed by atoms with van der Waals surface area (Å²) in [6.07, 6.45) is 1.24. The van der Waals surface area contributed by atoms with Crippen LogP contribution in [0.4, 0.5) is 0 Å². The highest BCUT2D eigenvalue weighted by atomic mass is 16.5. The highest BCUT2D eigenvalue weighted by molar-refractivity contribution is 5.76. The van der Waals surface area contributed by atoms with Gasteiger partial charge in [0.15, 0.2) is 0 Å². The molecule has 0 fully saturated rings. The molecule has 25 heavy (non-hydrogen) atoms. The number of nitrogens with one attached hydrogen (secondary N) is 1. The summed E-state index contributed by atoms with van der Waals surface area (Å²) < 4.78 is 10.7. The Morgan fingerprint density at radius 3 is 2.24 bits per heavy atom. The second kappa shape index (κ2) is 9.72. The Morgan fingerprint density at radius 1 is 1.00 bits per heavy atom. The SMILES string of the molecule is COc1ccc(OCCNC(=O)CCc2ccc(C(C)C)cc2)cc1. The van der Waals surface area contributed by atoms with E-state index in [9.17, 15) is 4.79 Å². The first kappa shape index (κ1) is 18.8. The molecule has 0 aliphatic carbocycles. The second-order valence-electron chi connectivity index (χ2n) is 6.27. The van der Waals surface area contributed by atoms with Gasteiger partial charge in [0.1, 0.15) is 18.1 Å². The van der Waals surface area contributed by atoms with Crippen molar-refractivity contribution in [1.82, 2.24) is 5.32 Å². The van der Waals surface area contributed by atoms with Gasteiger partial charge in [-0.3, -0.25) is 4.79 Å². The van der Waals surface area contributed by atoms with Crippen molar-refractivity contribution in [3.05, 3.63) is 59.7 Å². The molecular formula is C21H27NO3. The summed E-state index contributed by atoms with van der Waals surface area (Å²) >= 11 is 0. The number of hydrogen-bond donors (Lipinski definition) is 1. The fraction of sp³-hybridized carbons (Fsp3) is 0.381. The third-order valence-corrected chi connectivity index (χ3v) is 4.04. The summed E-state index contributed by atoms with van der Waals surface area (Å²) in [6, 6.07) is 15.9. The zero-order chi connectivity index (χ0) is 18.1. The predicted octanol–water partition coefficient (Wildman–Crippen LogP) is 3.95. The maximum atomic E-state index is 11.9. The van der Waals surface area contributed by atoms with Crippen LogP contribution in [-0.2, 0) is 11.2 Å². The molecule has 0 heterocycles. The van der Waals surface area contributed by atoms with Crippen LogP contribution >= 0.6 is 0 Å². The molecule has 1 N–H and O–H groups in total. The lowest BCUT2D eigenvalue weighted by atomic mass is 10.0. The number of benzene rings is 2. The number of hydrogen-bond acceptors (Lipinski definition) is 3. The normalized spacial score (nSPS) is 10.6. The first-order valence-electron chi connectivity index (χ1n) is 8.71. The molecule has 2 aromatic carbocycles. The standard InChI is InChI=1S/C21H27NO3/c1-16(2)18-7-4-17(5-8-18)6-13-21(23)22-14-15-25-20-11-9-19(24-3)10-12-20/h4-5,7-12,16H,6,13-15H2,1-3H3,(H,22,23). The molecular weight excluding hydrogens is 314 g/mol. The van der Waals surface area contributed by atoms with E-state index in [1.54, 1.807) is 7.11 Å². The van der Waals surface area contributed by atoms with Crippen molar-refractivity contribution < 1.29 is 14.3 Å². The van der Waals surface area contributed by atoms with E-state index < -0.39 is 0 Å². The summed E-state index contributed by atoms with van der Waals surface area (Å²) in [7, 11) is 1.63. The lowest BCUT2D eigenvalue weighted by Gasteiger charge is -2.09. The predicted molar refractivity (Wildman–Crippen MR) is 100 cm³/mol. The fourth-order valence-electron chi connectivity index (χ4n) is 2.45. The van der Waals surface area contributed by atoms with Crippen LogP contribution in [0.2, 0.25) is 0 Å². The number of amides is 1. The highest BCUT2D eigenvalue weighted by Gasteiger charge is 2.04. The molecule has 1 amide bonds. The van der Waals surface area contributed by atoms with Crippen molar-refractivity contribution in [2.75, 3.05) is 20.3 Å². The molecule has 2 aromatic rings. The van der Waals surface area contributed by atoms with E-state index in [2.05, 4.69) is 43.4 Å². The van der Waals surface area contributed by atoms with E-state index >= 15 is 0 Å². The maximum absolute atomic E-state index is 11.9. The van der Waals surface area contributed by atoms with Crippen LogP contribution in [0.15, 0.2) is 48.5 Å². The topological polar surface area (TPSA) is 47.6 Å². The van der Waals surface area contributed by atoms with Gasteiger partial charge in [0, 0.05) is 6.42 Å². The number of ether oxygens (including phenoxy) is 2. The molecule has 0 saturated carbocycles. The molecule has 2 rings (SSSR count). The van der Waals surface area contributed by atoms with E-state index in [-0.39, 0.29) is 5.91 Å². The van der Waals surface area contributed by atoms with E-state index in [0.717, 1.165) is 17.9 Å². The van der Waals surface area contributed by atoms with Gasteiger partial charge in [-0.15, -0.1) is 0 Å². The lowest BCUT2D eigenvalue weighted by Crippen LogP contribution is -2.28. The van der Waals surface area contributed by atoms with Crippen molar-refractivity contribution in [3.63, 3.8) is 0 Å². The minimum absolute atomic E-state index is 0.0475. The third-order valence-electron chi connectivity index (χ3n) is 4.04. The number of carbonyl (C=O) groups excluding carboxylic acids is 1. The molecule has 0 atom stereocenters. The monoisotopic (exact) mass is 341 g/mol. The second-order valence-corrected chi connectivity index (χ2v) is 6.27. The number of methoxy groups -OCH3 is 1. The quantitative estimate of drug-likeness (QED) is 0.703. The van der Waals surface area contributed by atoms with Crippen LogP contribution in [0.25, 0.3) is 0 Å². The van der Waals surface area contributed by atoms with Gasteiger partial charge in [0.25, 0.3) is 0 Å². The Morgan fingerprint density at radius 2 is 1.64 bits per heavy atom. The third kappa shape index (κ3) is 6.49. The van der Waals surface area contributed by atoms with Gasteiger partial charge in [-0.25, -0.2) is 0 Å². The molecule has 134 valence electrons. The average Bonchev–Trinajstić information content (AvgIpc) is 2.64. The van der Waals surface area contributed by atoms with Crippen LogP contribution in [0, 0.1) is 0 Å². The molecule has 4 nitrogen and oxygen atoms in total. The fourth-order valence-corrected chi connectivity index (χ4v) is 2.45. The number of aryl methyl sites for hydroxylation is 1. The highest BCUT2D eigenvalue weighted by Crippen LogP contribution is 2.17.